The number of carbonyl (C=O) groups is 3. The number of nitrogens with one attached hydrogen (secondary N) is 2. The van der Waals surface area contributed by atoms with Crippen molar-refractivity contribution in [2.75, 3.05) is 6.61 Å². The fourth-order valence-corrected chi connectivity index (χ4v) is 3.28. The highest BCUT2D eigenvalue weighted by Crippen LogP contribution is 2.44. The lowest BCUT2D eigenvalue weighted by molar-refractivity contribution is -0.141. The third-order valence-electron chi connectivity index (χ3n) is 4.80. The molecule has 0 aliphatic heterocycles. The summed E-state index contributed by atoms with van der Waals surface area (Å²) in [6, 6.07) is 14.0. The van der Waals surface area contributed by atoms with Gasteiger partial charge in [0, 0.05) is 5.92 Å². The summed E-state index contributed by atoms with van der Waals surface area (Å²) in [4.78, 5) is 34.9. The van der Waals surface area contributed by atoms with Crippen LogP contribution >= 0.6 is 0 Å². The van der Waals surface area contributed by atoms with Gasteiger partial charge in [0.25, 0.3) is 0 Å². The molecule has 2 atom stereocenters. The molecule has 2 amide bonds. The zero-order valence-electron chi connectivity index (χ0n) is 15.6. The molecule has 7 heteroatoms. The number of fused-ring (bicyclic) bond motifs is 3. The highest BCUT2D eigenvalue weighted by atomic mass is 16.5. The summed E-state index contributed by atoms with van der Waals surface area (Å²) in [6.45, 7) is 2.95. The van der Waals surface area contributed by atoms with Crippen molar-refractivity contribution in [1.82, 2.24) is 10.6 Å². The van der Waals surface area contributed by atoms with Crippen molar-refractivity contribution in [3.63, 3.8) is 0 Å². The summed E-state index contributed by atoms with van der Waals surface area (Å²) in [7, 11) is 0. The molecule has 0 fully saturated rings. The van der Waals surface area contributed by atoms with Crippen LogP contribution in [0.5, 0.6) is 0 Å². The average Bonchev–Trinajstić information content (AvgIpc) is 3.00. The third-order valence-corrected chi connectivity index (χ3v) is 4.80. The van der Waals surface area contributed by atoms with Crippen LogP contribution in [-0.4, -0.2) is 41.8 Å². The predicted octanol–water partition coefficient (Wildman–Crippen LogP) is 2.50. The summed E-state index contributed by atoms with van der Waals surface area (Å²) in [5, 5.41) is 13.6. The van der Waals surface area contributed by atoms with Crippen molar-refractivity contribution < 1.29 is 24.2 Å². The Hall–Kier alpha value is -3.35. The van der Waals surface area contributed by atoms with Crippen LogP contribution in [0.1, 0.15) is 30.9 Å². The average molecular weight is 382 g/mol. The minimum atomic E-state index is -1.15. The second-order valence-corrected chi connectivity index (χ2v) is 6.76. The normalized spacial score (nSPS) is 14.4. The highest BCUT2D eigenvalue weighted by Gasteiger charge is 2.29. The monoisotopic (exact) mass is 382 g/mol. The molecule has 2 aromatic rings. The van der Waals surface area contributed by atoms with Gasteiger partial charge in [0.1, 0.15) is 18.7 Å². The molecule has 3 rings (SSSR count). The minimum absolute atomic E-state index is 0.0747. The smallest absolute Gasteiger partial charge is 0.407 e. The Morgan fingerprint density at radius 3 is 2.00 bits per heavy atom. The Morgan fingerprint density at radius 2 is 1.46 bits per heavy atom. The summed E-state index contributed by atoms with van der Waals surface area (Å²) >= 11 is 0. The van der Waals surface area contributed by atoms with Crippen molar-refractivity contribution in [3.05, 3.63) is 59.7 Å². The number of carboxylic acid groups (broad SMARTS) is 1. The number of benzene rings is 2. The second kappa shape index (κ2) is 8.12. The van der Waals surface area contributed by atoms with Gasteiger partial charge in [-0.15, -0.1) is 0 Å². The Balaban J connectivity index is 1.61. The van der Waals surface area contributed by atoms with E-state index in [1.165, 1.54) is 13.8 Å². The minimum Gasteiger partial charge on any atom is -0.480 e. The number of rotatable bonds is 6. The molecule has 1 aliphatic rings. The summed E-state index contributed by atoms with van der Waals surface area (Å²) < 4.78 is 5.37. The maximum Gasteiger partial charge on any atom is 0.407 e. The highest BCUT2D eigenvalue weighted by molar-refractivity contribution is 5.88. The molecule has 0 bridgehead atoms. The van der Waals surface area contributed by atoms with Crippen LogP contribution in [0.2, 0.25) is 0 Å². The number of amides is 2. The van der Waals surface area contributed by atoms with E-state index in [9.17, 15) is 14.4 Å². The lowest BCUT2D eigenvalue weighted by Gasteiger charge is -2.18. The molecule has 0 saturated heterocycles. The van der Waals surface area contributed by atoms with Gasteiger partial charge in [0.05, 0.1) is 0 Å². The molecular weight excluding hydrogens is 360 g/mol. The van der Waals surface area contributed by atoms with Gasteiger partial charge >= 0.3 is 12.1 Å². The van der Waals surface area contributed by atoms with E-state index in [2.05, 4.69) is 10.6 Å². The molecule has 0 aromatic heterocycles. The van der Waals surface area contributed by atoms with Crippen molar-refractivity contribution in [3.8, 4) is 11.1 Å². The van der Waals surface area contributed by atoms with Gasteiger partial charge in [-0.05, 0) is 36.1 Å². The molecule has 28 heavy (non-hydrogen) atoms. The lowest BCUT2D eigenvalue weighted by atomic mass is 9.98. The fraction of sp³-hybridized carbons (Fsp3) is 0.286. The Kier molecular flexibility index (Phi) is 5.63. The van der Waals surface area contributed by atoms with Gasteiger partial charge in [-0.1, -0.05) is 48.5 Å². The number of hydrogen-bond acceptors (Lipinski definition) is 4. The fourth-order valence-electron chi connectivity index (χ4n) is 3.28. The number of ether oxygens (including phenoxy) is 1. The van der Waals surface area contributed by atoms with E-state index < -0.39 is 30.1 Å². The maximum atomic E-state index is 12.1. The number of aliphatic carboxylic acids is 1. The van der Waals surface area contributed by atoms with Crippen LogP contribution in [0.15, 0.2) is 48.5 Å². The summed E-state index contributed by atoms with van der Waals surface area (Å²) in [5.41, 5.74) is 4.44. The van der Waals surface area contributed by atoms with Crippen LogP contribution in [0.4, 0.5) is 4.79 Å². The first kappa shape index (κ1) is 19.4. The van der Waals surface area contributed by atoms with Crippen molar-refractivity contribution in [2.24, 2.45) is 0 Å². The van der Waals surface area contributed by atoms with Gasteiger partial charge in [-0.3, -0.25) is 9.59 Å². The molecule has 1 aliphatic carbocycles. The molecule has 2 aromatic carbocycles. The van der Waals surface area contributed by atoms with E-state index in [0.29, 0.717) is 0 Å². The number of hydrogen-bond donors (Lipinski definition) is 3. The molecule has 7 nitrogen and oxygen atoms in total. The largest absolute Gasteiger partial charge is 0.480 e. The molecule has 0 unspecified atom stereocenters. The Morgan fingerprint density at radius 1 is 0.929 bits per heavy atom. The van der Waals surface area contributed by atoms with Gasteiger partial charge in [-0.2, -0.15) is 0 Å². The topological polar surface area (TPSA) is 105 Å². The van der Waals surface area contributed by atoms with E-state index in [1.807, 2.05) is 48.5 Å². The zero-order chi connectivity index (χ0) is 20.3. The van der Waals surface area contributed by atoms with Gasteiger partial charge in [0.2, 0.25) is 5.91 Å². The van der Waals surface area contributed by atoms with Gasteiger partial charge in [0.15, 0.2) is 0 Å². The van der Waals surface area contributed by atoms with Crippen LogP contribution in [0.3, 0.4) is 0 Å². The molecule has 3 N–H and O–H groups in total. The van der Waals surface area contributed by atoms with Crippen LogP contribution in [0, 0.1) is 0 Å². The number of carbonyl (C=O) groups excluding carboxylic acids is 2. The zero-order valence-corrected chi connectivity index (χ0v) is 15.6. The van der Waals surface area contributed by atoms with Crippen LogP contribution in [-0.2, 0) is 14.3 Å². The number of alkyl carbamates (subject to hydrolysis) is 1. The standard InChI is InChI=1S/C21H22N2O5/c1-12(19(24)22-13(2)20(25)26)23-21(27)28-11-18-16-9-5-3-7-14(16)15-8-4-6-10-17(15)18/h3-10,12-13,18H,11H2,1-2H3,(H,22,24)(H,23,27)(H,25,26)/t12-,13-/m1/s1. The molecule has 0 heterocycles. The maximum absolute atomic E-state index is 12.1. The Bertz CT molecular complexity index is 866. The van der Waals surface area contributed by atoms with Crippen LogP contribution in [0.25, 0.3) is 11.1 Å². The predicted molar refractivity (Wildman–Crippen MR) is 103 cm³/mol. The quantitative estimate of drug-likeness (QED) is 0.712. The Labute approximate surface area is 162 Å². The first-order valence-electron chi connectivity index (χ1n) is 9.03. The number of carboxylic acids is 1. The summed E-state index contributed by atoms with van der Waals surface area (Å²) in [5.74, 6) is -1.82. The molecule has 0 saturated carbocycles. The van der Waals surface area contributed by atoms with Crippen molar-refractivity contribution in [1.29, 1.82) is 0 Å². The summed E-state index contributed by atoms with van der Waals surface area (Å²) in [6.07, 6.45) is -0.729. The lowest BCUT2D eigenvalue weighted by Crippen LogP contribution is -2.49. The van der Waals surface area contributed by atoms with Gasteiger partial charge in [-0.25, -0.2) is 4.79 Å². The third kappa shape index (κ3) is 3.98. The molecule has 0 radical (unpaired) electrons. The molecule has 0 spiro atoms. The first-order valence-corrected chi connectivity index (χ1v) is 9.03. The van der Waals surface area contributed by atoms with E-state index in [0.717, 1.165) is 22.3 Å². The van der Waals surface area contributed by atoms with E-state index in [4.69, 9.17) is 9.84 Å². The van der Waals surface area contributed by atoms with E-state index >= 15 is 0 Å². The molecule has 146 valence electrons. The SMILES string of the molecule is C[C@@H](NC(=O)[C@@H](C)NC(=O)OCC1c2ccccc2-c2ccccc21)C(=O)O. The van der Waals surface area contributed by atoms with Crippen LogP contribution < -0.4 is 10.6 Å². The van der Waals surface area contributed by atoms with Gasteiger partial charge < -0.3 is 20.5 Å². The second-order valence-electron chi connectivity index (χ2n) is 6.76. The first-order chi connectivity index (χ1) is 13.4. The van der Waals surface area contributed by atoms with E-state index in [1.54, 1.807) is 0 Å². The van der Waals surface area contributed by atoms with Crippen molar-refractivity contribution >= 4 is 18.0 Å². The van der Waals surface area contributed by atoms with E-state index in [-0.39, 0.29) is 12.5 Å². The molecular formula is C21H22N2O5. The van der Waals surface area contributed by atoms with Crippen molar-refractivity contribution in [2.45, 2.75) is 31.8 Å².